The van der Waals surface area contributed by atoms with Gasteiger partial charge >= 0.3 is 11.9 Å². The van der Waals surface area contributed by atoms with E-state index in [0.29, 0.717) is 41.6 Å². The minimum atomic E-state index is -2.12. The monoisotopic (exact) mass is 824 g/mol. The third-order valence-corrected chi connectivity index (χ3v) is 14.2. The molecule has 10 atom stereocenters. The third-order valence-electron chi connectivity index (χ3n) is 14.2. The molecule has 0 unspecified atom stereocenters. The Morgan fingerprint density at radius 1 is 1.05 bits per heavy atom. The van der Waals surface area contributed by atoms with Gasteiger partial charge in [-0.1, -0.05) is 55.8 Å². The second-order valence-corrected chi connectivity index (χ2v) is 17.5. The summed E-state index contributed by atoms with van der Waals surface area (Å²) in [5.74, 6) is -5.21. The minimum Gasteiger partial charge on any atom is -0.460 e. The highest BCUT2D eigenvalue weighted by molar-refractivity contribution is 6.01. The lowest BCUT2D eigenvalue weighted by molar-refractivity contribution is -0.220. The summed E-state index contributed by atoms with van der Waals surface area (Å²) in [5, 5.41) is 28.5. The number of allylic oxidation sites excluding steroid dienone is 4. The zero-order valence-electron chi connectivity index (χ0n) is 34.1. The topological polar surface area (TPSA) is 221 Å². The van der Waals surface area contributed by atoms with E-state index in [0.717, 1.165) is 10.8 Å². The number of esters is 2. The summed E-state index contributed by atoms with van der Waals surface area (Å²) in [6.07, 6.45) is 6.72. The second-order valence-electron chi connectivity index (χ2n) is 17.5. The molecular formula is C46H53FN4O9. The molecule has 3 saturated carbocycles. The van der Waals surface area contributed by atoms with E-state index >= 15 is 4.39 Å². The number of amides is 1. The van der Waals surface area contributed by atoms with Crippen LogP contribution in [0.3, 0.4) is 0 Å². The van der Waals surface area contributed by atoms with Crippen molar-refractivity contribution < 1.29 is 48.0 Å². The summed E-state index contributed by atoms with van der Waals surface area (Å²) in [5.41, 5.74) is 8.04. The van der Waals surface area contributed by atoms with Crippen LogP contribution in [0.25, 0.3) is 10.8 Å². The number of nitrogens with zero attached hydrogens (tertiary/aromatic N) is 1. The number of hydrogen-bond donors (Lipinski definition) is 5. The first-order chi connectivity index (χ1) is 28.5. The van der Waals surface area contributed by atoms with Crippen LogP contribution in [0.5, 0.6) is 0 Å². The first-order valence-electron chi connectivity index (χ1n) is 20.5. The second kappa shape index (κ2) is 16.4. The third kappa shape index (κ3) is 7.26. The number of ketones is 2. The summed E-state index contributed by atoms with van der Waals surface area (Å²) >= 11 is 0. The van der Waals surface area contributed by atoms with Crippen molar-refractivity contribution in [3.8, 4) is 0 Å². The normalized spacial score (nSPS) is 31.5. The molecule has 7 rings (SSSR count). The Labute approximate surface area is 347 Å². The Kier molecular flexibility index (Phi) is 11.7. The molecule has 60 heavy (non-hydrogen) atoms. The molecule has 0 aliphatic heterocycles. The number of pyridine rings is 1. The number of hydrogen-bond acceptors (Lipinski definition) is 12. The number of aliphatic hydroxyl groups excluding tert-OH is 1. The lowest BCUT2D eigenvalue weighted by Crippen LogP contribution is -2.69. The molecule has 0 bridgehead atoms. The lowest BCUT2D eigenvalue weighted by atomic mass is 9.44. The van der Waals surface area contributed by atoms with Gasteiger partial charge in [0.25, 0.3) is 0 Å². The van der Waals surface area contributed by atoms with Crippen molar-refractivity contribution in [2.45, 2.75) is 95.2 Å². The van der Waals surface area contributed by atoms with Crippen molar-refractivity contribution in [2.75, 3.05) is 18.5 Å². The van der Waals surface area contributed by atoms with Gasteiger partial charge in [0.2, 0.25) is 11.7 Å². The van der Waals surface area contributed by atoms with Crippen molar-refractivity contribution in [3.05, 3.63) is 95.9 Å². The van der Waals surface area contributed by atoms with E-state index in [1.54, 1.807) is 69.6 Å². The Hall–Kier alpha value is -5.15. The maximum atomic E-state index is 17.5. The summed E-state index contributed by atoms with van der Waals surface area (Å²) in [6.45, 7) is 4.33. The molecule has 318 valence electrons. The highest BCUT2D eigenvalue weighted by atomic mass is 19.1. The van der Waals surface area contributed by atoms with Gasteiger partial charge in [-0.2, -0.15) is 0 Å². The SMILES string of the molecule is C[C@@H]1C[C@H]2[C@@H]3CCC4=CC(=O)C=C[C@]4(C)[C@@]3(F)[C@@H](O)C[C@]2(C)[C@@]1(O)C(=O)COC(=O)CC[C@H](N)C(=O)OCc1ccc([C@@H](CN)C(=O)Nc2ccc3cnccc3c2)cc1. The lowest BCUT2D eigenvalue weighted by Gasteiger charge is -2.62. The van der Waals surface area contributed by atoms with Crippen LogP contribution >= 0.6 is 0 Å². The molecule has 4 aliphatic carbocycles. The molecule has 0 saturated heterocycles. The molecule has 1 heterocycles. The zero-order chi connectivity index (χ0) is 43.2. The number of Topliss-reactive ketones (excluding diaryl/α,β-unsaturated/α-hetero) is 1. The van der Waals surface area contributed by atoms with Crippen LogP contribution in [-0.4, -0.2) is 81.2 Å². The minimum absolute atomic E-state index is 0.0661. The van der Waals surface area contributed by atoms with Gasteiger partial charge in [-0.15, -0.1) is 0 Å². The molecule has 2 aromatic carbocycles. The van der Waals surface area contributed by atoms with Gasteiger partial charge < -0.3 is 36.5 Å². The van der Waals surface area contributed by atoms with Crippen LogP contribution in [-0.2, 0) is 40.1 Å². The fourth-order valence-electron chi connectivity index (χ4n) is 10.8. The molecule has 3 fully saturated rings. The summed E-state index contributed by atoms with van der Waals surface area (Å²) in [6, 6.07) is 13.1. The maximum Gasteiger partial charge on any atom is 0.323 e. The first-order valence-corrected chi connectivity index (χ1v) is 20.5. The van der Waals surface area contributed by atoms with Crippen LogP contribution in [0.4, 0.5) is 10.1 Å². The van der Waals surface area contributed by atoms with Crippen molar-refractivity contribution in [1.29, 1.82) is 0 Å². The quantitative estimate of drug-likeness (QED) is 0.150. The molecule has 7 N–H and O–H groups in total. The number of aliphatic hydroxyl groups is 2. The van der Waals surface area contributed by atoms with E-state index in [9.17, 15) is 34.2 Å². The number of nitrogens with two attached hydrogens (primary N) is 2. The van der Waals surface area contributed by atoms with Crippen molar-refractivity contribution in [1.82, 2.24) is 4.98 Å². The molecule has 0 spiro atoms. The predicted molar refractivity (Wildman–Crippen MR) is 219 cm³/mol. The van der Waals surface area contributed by atoms with Gasteiger partial charge in [-0.3, -0.25) is 29.0 Å². The highest BCUT2D eigenvalue weighted by Gasteiger charge is 2.75. The predicted octanol–water partition coefficient (Wildman–Crippen LogP) is 4.53. The van der Waals surface area contributed by atoms with Crippen LogP contribution in [0.1, 0.15) is 76.3 Å². The number of nitrogens with one attached hydrogen (secondary N) is 1. The van der Waals surface area contributed by atoms with Crippen molar-refractivity contribution >= 4 is 45.9 Å². The van der Waals surface area contributed by atoms with E-state index in [1.165, 1.54) is 12.2 Å². The molecule has 3 aromatic rings. The average Bonchev–Trinajstić information content (AvgIpc) is 3.43. The van der Waals surface area contributed by atoms with Gasteiger partial charge in [0.15, 0.2) is 18.1 Å². The Bertz CT molecular complexity index is 2260. The molecule has 14 heteroatoms. The van der Waals surface area contributed by atoms with E-state index in [2.05, 4.69) is 10.3 Å². The highest BCUT2D eigenvalue weighted by Crippen LogP contribution is 2.70. The number of fused-ring (bicyclic) bond motifs is 6. The zero-order valence-corrected chi connectivity index (χ0v) is 34.1. The molecule has 13 nitrogen and oxygen atoms in total. The van der Waals surface area contributed by atoms with Crippen LogP contribution in [0.15, 0.2) is 84.7 Å². The largest absolute Gasteiger partial charge is 0.460 e. The van der Waals surface area contributed by atoms with Crippen LogP contribution < -0.4 is 16.8 Å². The van der Waals surface area contributed by atoms with Gasteiger partial charge in [-0.25, -0.2) is 4.39 Å². The summed E-state index contributed by atoms with van der Waals surface area (Å²) in [7, 11) is 0. The first kappa shape index (κ1) is 43.0. The standard InChI is InChI=1S/C46H53FN4O9/c1-26-18-36-35-11-9-31-20-33(52)14-16-43(31,2)45(35,47)38(53)21-44(36,3)46(26,58)39(54)25-59-40(55)13-12-37(49)42(57)60-24-27-4-6-28(7-5-27)34(22-48)41(56)51-32-10-8-30-23-50-17-15-29(30)19-32/h4-8,10,14-17,19-20,23,26,34-38,53,58H,9,11-13,18,21-22,24-25,48-49H2,1-3H3,(H,51,56)/t26-,34-,35+,36+,37+,38+,43+,44+,45+,46+/m1/s1. The molecule has 1 aromatic heterocycles. The smallest absolute Gasteiger partial charge is 0.323 e. The number of carbonyl (C=O) groups is 5. The van der Waals surface area contributed by atoms with Gasteiger partial charge in [0.1, 0.15) is 18.2 Å². The Morgan fingerprint density at radius 3 is 2.53 bits per heavy atom. The summed E-state index contributed by atoms with van der Waals surface area (Å²) in [4.78, 5) is 68.7. The molecular weight excluding hydrogens is 772 g/mol. The number of carbonyl (C=O) groups excluding carboxylic acids is 5. The molecule has 0 radical (unpaired) electrons. The van der Waals surface area contributed by atoms with Crippen LogP contribution in [0, 0.1) is 28.6 Å². The number of ether oxygens (including phenoxy) is 2. The van der Waals surface area contributed by atoms with Gasteiger partial charge in [0.05, 0.1) is 12.0 Å². The van der Waals surface area contributed by atoms with Gasteiger partial charge in [-0.05, 0) is 97.7 Å². The average molecular weight is 825 g/mol. The van der Waals surface area contributed by atoms with E-state index in [1.807, 2.05) is 18.2 Å². The maximum absolute atomic E-state index is 17.5. The van der Waals surface area contributed by atoms with Gasteiger partial charge in [0, 0.05) is 53.2 Å². The van der Waals surface area contributed by atoms with E-state index in [4.69, 9.17) is 20.9 Å². The molecule has 4 aliphatic rings. The van der Waals surface area contributed by atoms with Crippen LogP contribution in [0.2, 0.25) is 0 Å². The summed E-state index contributed by atoms with van der Waals surface area (Å²) < 4.78 is 28.1. The Morgan fingerprint density at radius 2 is 1.80 bits per heavy atom. The number of rotatable bonds is 13. The molecule has 1 amide bonds. The van der Waals surface area contributed by atoms with E-state index < -0.39 is 82.2 Å². The number of aromatic nitrogens is 1. The number of anilines is 1. The fourth-order valence-corrected chi connectivity index (χ4v) is 10.8. The van der Waals surface area contributed by atoms with E-state index in [-0.39, 0.29) is 44.1 Å². The van der Waals surface area contributed by atoms with Crippen molar-refractivity contribution in [2.24, 2.45) is 40.1 Å². The Balaban J connectivity index is 0.883. The number of alkyl halides is 1. The number of benzene rings is 2. The number of halogens is 1. The fraction of sp³-hybridized carbons (Fsp3) is 0.478. The van der Waals surface area contributed by atoms with Crippen molar-refractivity contribution in [3.63, 3.8) is 0 Å².